The average Bonchev–Trinajstić information content (AvgIpc) is 3.39. The van der Waals surface area contributed by atoms with Gasteiger partial charge in [-0.15, -0.1) is 5.10 Å². The number of fused-ring (bicyclic) bond motifs is 2. The summed E-state index contributed by atoms with van der Waals surface area (Å²) < 4.78 is 30.1. The lowest BCUT2D eigenvalue weighted by molar-refractivity contribution is 0.0696. The van der Waals surface area contributed by atoms with Gasteiger partial charge in [0.2, 0.25) is 0 Å². The maximum absolute atomic E-state index is 15.1. The van der Waals surface area contributed by atoms with Gasteiger partial charge in [-0.05, 0) is 76.0 Å². The molecular weight excluding hydrogens is 526 g/mol. The molecule has 2 N–H and O–H groups in total. The van der Waals surface area contributed by atoms with Gasteiger partial charge in [-0.1, -0.05) is 53.7 Å². The van der Waals surface area contributed by atoms with Gasteiger partial charge in [0.05, 0.1) is 17.7 Å². The second-order valence-electron chi connectivity index (χ2n) is 9.62. The number of halogens is 2. The van der Waals surface area contributed by atoms with E-state index in [1.54, 1.807) is 42.5 Å². The molecule has 202 valence electrons. The quantitative estimate of drug-likeness (QED) is 0.247. The van der Waals surface area contributed by atoms with Crippen molar-refractivity contribution in [3.05, 3.63) is 131 Å². The molecule has 7 nitrogen and oxygen atoms in total. The Balaban J connectivity index is 1.39. The summed E-state index contributed by atoms with van der Waals surface area (Å²) in [7, 11) is 0. The van der Waals surface area contributed by atoms with Gasteiger partial charge in [-0.2, -0.15) is 0 Å². The third-order valence-corrected chi connectivity index (χ3v) is 6.92. The van der Waals surface area contributed by atoms with Crippen LogP contribution in [0, 0.1) is 11.6 Å². The van der Waals surface area contributed by atoms with E-state index in [1.165, 1.54) is 35.0 Å². The number of hydrogen-bond donors (Lipinski definition) is 2. The average molecular weight is 549 g/mol. The first-order valence-corrected chi connectivity index (χ1v) is 12.8. The molecule has 6 rings (SSSR count). The largest absolute Gasteiger partial charge is 0.478 e. The Morgan fingerprint density at radius 2 is 1.54 bits per heavy atom. The standard InChI is InChI=1S/C32H22F2N4O3/c33-26-11-9-20(10-12-26)24-14-27(31(39)35-17-19-5-7-21(8-6-19)32(40)41)30-29(16-24)36-37-38(30)18-25-13-22-3-1-2-4-23(22)15-28(25)34/h1-16H,17-18H2,(H,35,39)(H,40,41). The minimum atomic E-state index is -1.04. The third-order valence-electron chi connectivity index (χ3n) is 6.92. The van der Waals surface area contributed by atoms with Crippen LogP contribution in [-0.2, 0) is 13.1 Å². The van der Waals surface area contributed by atoms with Crippen LogP contribution in [0.15, 0.2) is 97.1 Å². The van der Waals surface area contributed by atoms with Gasteiger partial charge >= 0.3 is 5.97 Å². The molecule has 0 saturated heterocycles. The van der Waals surface area contributed by atoms with Crippen molar-refractivity contribution in [2.24, 2.45) is 0 Å². The van der Waals surface area contributed by atoms with Crippen LogP contribution in [0.5, 0.6) is 0 Å². The molecule has 0 fully saturated rings. The van der Waals surface area contributed by atoms with E-state index in [-0.39, 0.29) is 30.0 Å². The van der Waals surface area contributed by atoms with Crippen LogP contribution in [0.1, 0.15) is 31.8 Å². The zero-order valence-electron chi connectivity index (χ0n) is 21.5. The molecule has 0 unspecified atom stereocenters. The first-order chi connectivity index (χ1) is 19.9. The van der Waals surface area contributed by atoms with Crippen molar-refractivity contribution in [1.29, 1.82) is 0 Å². The highest BCUT2D eigenvalue weighted by Crippen LogP contribution is 2.29. The number of aromatic nitrogens is 3. The number of nitrogens with one attached hydrogen (secondary N) is 1. The summed E-state index contributed by atoms with van der Waals surface area (Å²) in [5.41, 5.74) is 3.66. The van der Waals surface area contributed by atoms with Crippen molar-refractivity contribution in [3.8, 4) is 11.1 Å². The lowest BCUT2D eigenvalue weighted by atomic mass is 10.0. The lowest BCUT2D eigenvalue weighted by Crippen LogP contribution is -2.24. The molecule has 0 radical (unpaired) electrons. The Hall–Kier alpha value is -5.44. The van der Waals surface area contributed by atoms with Crippen molar-refractivity contribution in [1.82, 2.24) is 20.3 Å². The number of carbonyl (C=O) groups is 2. The number of hydrogen-bond acceptors (Lipinski definition) is 4. The number of aromatic carboxylic acids is 1. The van der Waals surface area contributed by atoms with Gasteiger partial charge in [0.15, 0.2) is 0 Å². The summed E-state index contributed by atoms with van der Waals surface area (Å²) in [6.07, 6.45) is 0. The molecule has 0 bridgehead atoms. The third kappa shape index (κ3) is 5.25. The van der Waals surface area contributed by atoms with Crippen LogP contribution in [0.3, 0.4) is 0 Å². The molecule has 0 saturated carbocycles. The summed E-state index contributed by atoms with van der Waals surface area (Å²) in [6, 6.07) is 26.2. The monoisotopic (exact) mass is 548 g/mol. The number of nitrogens with zero attached hydrogens (tertiary/aromatic N) is 3. The molecular formula is C32H22F2N4O3. The van der Waals surface area contributed by atoms with Gasteiger partial charge in [0, 0.05) is 12.1 Å². The van der Waals surface area contributed by atoms with E-state index in [0.717, 1.165) is 10.8 Å². The molecule has 41 heavy (non-hydrogen) atoms. The minimum Gasteiger partial charge on any atom is -0.478 e. The van der Waals surface area contributed by atoms with Gasteiger partial charge in [-0.3, -0.25) is 4.79 Å². The van der Waals surface area contributed by atoms with Crippen molar-refractivity contribution in [2.75, 3.05) is 0 Å². The molecule has 9 heteroatoms. The number of carboxylic acids is 1. The molecule has 0 spiro atoms. The maximum atomic E-state index is 15.1. The zero-order valence-corrected chi connectivity index (χ0v) is 21.5. The fourth-order valence-corrected chi connectivity index (χ4v) is 4.79. The second kappa shape index (κ2) is 10.6. The molecule has 0 aliphatic carbocycles. The van der Waals surface area contributed by atoms with Gasteiger partial charge in [-0.25, -0.2) is 18.3 Å². The Bertz CT molecular complexity index is 1930. The fraction of sp³-hybridized carbons (Fsp3) is 0.0625. The second-order valence-corrected chi connectivity index (χ2v) is 9.62. The summed E-state index contributed by atoms with van der Waals surface area (Å²) >= 11 is 0. The SMILES string of the molecule is O=C(O)c1ccc(CNC(=O)c2cc(-c3ccc(F)cc3)cc3nnn(Cc4cc5ccccc5cc4F)c23)cc1. The molecule has 1 aromatic heterocycles. The van der Waals surface area contributed by atoms with E-state index < -0.39 is 17.7 Å². The minimum absolute atomic E-state index is 0.0417. The van der Waals surface area contributed by atoms with Gasteiger partial charge in [0.1, 0.15) is 22.7 Å². The first kappa shape index (κ1) is 25.8. The van der Waals surface area contributed by atoms with Crippen molar-refractivity contribution >= 4 is 33.7 Å². The zero-order chi connectivity index (χ0) is 28.5. The maximum Gasteiger partial charge on any atom is 0.335 e. The number of benzene rings is 5. The highest BCUT2D eigenvalue weighted by Gasteiger charge is 2.20. The smallest absolute Gasteiger partial charge is 0.335 e. The van der Waals surface area contributed by atoms with E-state index >= 15 is 4.39 Å². The summed E-state index contributed by atoms with van der Waals surface area (Å²) in [4.78, 5) is 24.7. The predicted molar refractivity (Wildman–Crippen MR) is 151 cm³/mol. The molecule has 0 atom stereocenters. The molecule has 6 aromatic rings. The summed E-state index contributed by atoms with van der Waals surface area (Å²) in [5, 5.41) is 22.2. The van der Waals surface area contributed by atoms with E-state index in [0.29, 0.717) is 33.3 Å². The molecule has 0 aliphatic heterocycles. The number of rotatable bonds is 7. The van der Waals surface area contributed by atoms with Crippen LogP contribution < -0.4 is 5.32 Å². The molecule has 0 aliphatic rings. The highest BCUT2D eigenvalue weighted by atomic mass is 19.1. The van der Waals surface area contributed by atoms with Gasteiger partial charge in [0.25, 0.3) is 5.91 Å². The highest BCUT2D eigenvalue weighted by molar-refractivity contribution is 6.06. The number of amides is 1. The van der Waals surface area contributed by atoms with E-state index in [1.807, 2.05) is 24.3 Å². The molecule has 1 amide bonds. The van der Waals surface area contributed by atoms with Crippen LogP contribution in [0.2, 0.25) is 0 Å². The van der Waals surface area contributed by atoms with E-state index in [4.69, 9.17) is 5.11 Å². The van der Waals surface area contributed by atoms with E-state index in [9.17, 15) is 14.0 Å². The van der Waals surface area contributed by atoms with Gasteiger partial charge < -0.3 is 10.4 Å². The topological polar surface area (TPSA) is 97.1 Å². The van der Waals surface area contributed by atoms with Crippen LogP contribution >= 0.6 is 0 Å². The fourth-order valence-electron chi connectivity index (χ4n) is 4.79. The normalized spacial score (nSPS) is 11.2. The predicted octanol–water partition coefficient (Wildman–Crippen LogP) is 6.21. The first-order valence-electron chi connectivity index (χ1n) is 12.8. The molecule has 5 aromatic carbocycles. The number of carboxylic acid groups (broad SMARTS) is 1. The van der Waals surface area contributed by atoms with Crippen LogP contribution in [0.4, 0.5) is 8.78 Å². The summed E-state index contributed by atoms with van der Waals surface area (Å²) in [5.74, 6) is -2.25. The van der Waals surface area contributed by atoms with Crippen LogP contribution in [0.25, 0.3) is 32.9 Å². The summed E-state index contributed by atoms with van der Waals surface area (Å²) in [6.45, 7) is 0.182. The van der Waals surface area contributed by atoms with Crippen molar-refractivity contribution in [3.63, 3.8) is 0 Å². The Morgan fingerprint density at radius 3 is 2.24 bits per heavy atom. The number of carbonyl (C=O) groups excluding carboxylic acids is 1. The Morgan fingerprint density at radius 1 is 0.829 bits per heavy atom. The lowest BCUT2D eigenvalue weighted by Gasteiger charge is -2.12. The Labute approximate surface area is 232 Å². The van der Waals surface area contributed by atoms with Crippen LogP contribution in [-0.4, -0.2) is 32.0 Å². The molecule has 1 heterocycles. The van der Waals surface area contributed by atoms with E-state index in [2.05, 4.69) is 15.6 Å². The Kier molecular flexibility index (Phi) is 6.68. The van der Waals surface area contributed by atoms with Crippen molar-refractivity contribution < 1.29 is 23.5 Å². The van der Waals surface area contributed by atoms with Crippen molar-refractivity contribution in [2.45, 2.75) is 13.1 Å².